The van der Waals surface area contributed by atoms with E-state index in [1.807, 2.05) is 6.07 Å². The molecule has 1 aromatic heterocycles. The van der Waals surface area contributed by atoms with Crippen LogP contribution in [0.5, 0.6) is 0 Å². The first-order valence-corrected chi connectivity index (χ1v) is 7.83. The summed E-state index contributed by atoms with van der Waals surface area (Å²) in [5.74, 6) is -0.250. The van der Waals surface area contributed by atoms with E-state index in [4.69, 9.17) is 11.6 Å². The maximum absolute atomic E-state index is 12.1. The van der Waals surface area contributed by atoms with Crippen molar-refractivity contribution in [2.75, 3.05) is 17.2 Å². The van der Waals surface area contributed by atoms with Crippen LogP contribution in [0.2, 0.25) is 5.02 Å². The molecule has 0 unspecified atom stereocenters. The zero-order valence-electron chi connectivity index (χ0n) is 12.6. The second-order valence-electron chi connectivity index (χ2n) is 5.03. The molecule has 0 saturated heterocycles. The van der Waals surface area contributed by atoms with Crippen molar-refractivity contribution in [3.8, 4) is 0 Å². The maximum atomic E-state index is 12.1. The molecule has 2 rings (SSSR count). The summed E-state index contributed by atoms with van der Waals surface area (Å²) in [5, 5.41) is 6.64. The number of benzene rings is 1. The SMILES string of the molecule is CCCCCNc1ccc(C(=O)Nc2cccc(Cl)c2)nc1. The summed E-state index contributed by atoms with van der Waals surface area (Å²) in [7, 11) is 0. The number of nitrogens with one attached hydrogen (secondary N) is 2. The second-order valence-corrected chi connectivity index (χ2v) is 5.47. The summed E-state index contributed by atoms with van der Waals surface area (Å²) >= 11 is 5.89. The molecule has 0 radical (unpaired) electrons. The zero-order valence-corrected chi connectivity index (χ0v) is 13.4. The molecular weight excluding hydrogens is 298 g/mol. The third kappa shape index (κ3) is 5.04. The van der Waals surface area contributed by atoms with Gasteiger partial charge in [-0.05, 0) is 36.8 Å². The Bertz CT molecular complexity index is 614. The summed E-state index contributed by atoms with van der Waals surface area (Å²) in [6.07, 6.45) is 5.22. The fourth-order valence-corrected chi connectivity index (χ4v) is 2.19. The Morgan fingerprint density at radius 1 is 1.18 bits per heavy atom. The van der Waals surface area contributed by atoms with E-state index in [0.717, 1.165) is 18.7 Å². The van der Waals surface area contributed by atoms with Crippen LogP contribution in [0.3, 0.4) is 0 Å². The second kappa shape index (κ2) is 8.39. The number of rotatable bonds is 7. The number of hydrogen-bond donors (Lipinski definition) is 2. The molecule has 0 aliphatic rings. The van der Waals surface area contributed by atoms with Crippen LogP contribution in [0, 0.1) is 0 Å². The fraction of sp³-hybridized carbons (Fsp3) is 0.294. The van der Waals surface area contributed by atoms with E-state index in [1.54, 1.807) is 36.5 Å². The molecule has 1 heterocycles. The monoisotopic (exact) mass is 317 g/mol. The van der Waals surface area contributed by atoms with E-state index >= 15 is 0 Å². The van der Waals surface area contributed by atoms with Crippen LogP contribution in [-0.2, 0) is 0 Å². The highest BCUT2D eigenvalue weighted by Gasteiger charge is 2.07. The van der Waals surface area contributed by atoms with Crippen molar-refractivity contribution in [3.05, 3.63) is 53.3 Å². The average molecular weight is 318 g/mol. The molecule has 2 aromatic rings. The number of pyridine rings is 1. The number of nitrogens with zero attached hydrogens (tertiary/aromatic N) is 1. The van der Waals surface area contributed by atoms with Gasteiger partial charge in [-0.25, -0.2) is 4.98 Å². The molecule has 116 valence electrons. The zero-order chi connectivity index (χ0) is 15.8. The highest BCUT2D eigenvalue weighted by atomic mass is 35.5. The highest BCUT2D eigenvalue weighted by Crippen LogP contribution is 2.16. The molecule has 1 amide bonds. The van der Waals surface area contributed by atoms with Crippen molar-refractivity contribution >= 4 is 28.9 Å². The quantitative estimate of drug-likeness (QED) is 0.734. The Morgan fingerprint density at radius 3 is 2.73 bits per heavy atom. The number of hydrogen-bond acceptors (Lipinski definition) is 3. The van der Waals surface area contributed by atoms with Gasteiger partial charge in [0.2, 0.25) is 0 Å². The Morgan fingerprint density at radius 2 is 2.05 bits per heavy atom. The van der Waals surface area contributed by atoms with Crippen LogP contribution in [0.4, 0.5) is 11.4 Å². The van der Waals surface area contributed by atoms with Crippen molar-refractivity contribution in [1.29, 1.82) is 0 Å². The summed E-state index contributed by atoms with van der Waals surface area (Å²) < 4.78 is 0. The lowest BCUT2D eigenvalue weighted by molar-refractivity contribution is 0.102. The Hall–Kier alpha value is -2.07. The largest absolute Gasteiger partial charge is 0.384 e. The van der Waals surface area contributed by atoms with Crippen LogP contribution in [0.15, 0.2) is 42.6 Å². The number of halogens is 1. The highest BCUT2D eigenvalue weighted by molar-refractivity contribution is 6.30. The lowest BCUT2D eigenvalue weighted by Gasteiger charge is -2.07. The first kappa shape index (κ1) is 16.3. The van der Waals surface area contributed by atoms with Crippen molar-refractivity contribution < 1.29 is 4.79 Å². The van der Waals surface area contributed by atoms with Gasteiger partial charge in [0.05, 0.1) is 11.9 Å². The average Bonchev–Trinajstić information content (AvgIpc) is 2.52. The molecule has 0 atom stereocenters. The molecule has 1 aromatic carbocycles. The van der Waals surface area contributed by atoms with Crippen LogP contribution in [0.1, 0.15) is 36.7 Å². The first-order valence-electron chi connectivity index (χ1n) is 7.46. The minimum absolute atomic E-state index is 0.250. The number of amides is 1. The van der Waals surface area contributed by atoms with E-state index in [2.05, 4.69) is 22.5 Å². The number of carbonyl (C=O) groups excluding carboxylic acids is 1. The third-order valence-electron chi connectivity index (χ3n) is 3.19. The topological polar surface area (TPSA) is 54.0 Å². The minimum atomic E-state index is -0.250. The third-order valence-corrected chi connectivity index (χ3v) is 3.42. The molecule has 0 saturated carbocycles. The molecule has 0 fully saturated rings. The standard InChI is InChI=1S/C17H20ClN3O/c1-2-3-4-10-19-15-8-9-16(20-12-15)17(22)21-14-7-5-6-13(18)11-14/h5-9,11-12,19H,2-4,10H2,1H3,(H,21,22). The molecule has 0 aliphatic heterocycles. The molecule has 4 nitrogen and oxygen atoms in total. The van der Waals surface area contributed by atoms with Crippen LogP contribution in [-0.4, -0.2) is 17.4 Å². The Labute approximate surface area is 135 Å². The van der Waals surface area contributed by atoms with E-state index in [9.17, 15) is 4.79 Å². The van der Waals surface area contributed by atoms with E-state index in [0.29, 0.717) is 16.4 Å². The number of aromatic nitrogens is 1. The van der Waals surface area contributed by atoms with Gasteiger partial charge in [0.15, 0.2) is 0 Å². The minimum Gasteiger partial charge on any atom is -0.384 e. The van der Waals surface area contributed by atoms with Gasteiger partial charge in [0.1, 0.15) is 5.69 Å². The van der Waals surface area contributed by atoms with Gasteiger partial charge in [0, 0.05) is 17.3 Å². The van der Waals surface area contributed by atoms with Crippen molar-refractivity contribution in [2.24, 2.45) is 0 Å². The van der Waals surface area contributed by atoms with Crippen molar-refractivity contribution in [2.45, 2.75) is 26.2 Å². The van der Waals surface area contributed by atoms with Crippen LogP contribution < -0.4 is 10.6 Å². The molecular formula is C17H20ClN3O. The fourth-order valence-electron chi connectivity index (χ4n) is 2.00. The normalized spacial score (nSPS) is 10.3. The van der Waals surface area contributed by atoms with Crippen LogP contribution >= 0.6 is 11.6 Å². The van der Waals surface area contributed by atoms with Crippen LogP contribution in [0.25, 0.3) is 0 Å². The van der Waals surface area contributed by atoms with Crippen molar-refractivity contribution in [1.82, 2.24) is 4.98 Å². The molecule has 0 spiro atoms. The van der Waals surface area contributed by atoms with Gasteiger partial charge in [-0.1, -0.05) is 37.4 Å². The summed E-state index contributed by atoms with van der Waals surface area (Å²) in [4.78, 5) is 16.3. The maximum Gasteiger partial charge on any atom is 0.274 e. The van der Waals surface area contributed by atoms with E-state index in [1.165, 1.54) is 12.8 Å². The van der Waals surface area contributed by atoms with E-state index < -0.39 is 0 Å². The summed E-state index contributed by atoms with van der Waals surface area (Å²) in [5.41, 5.74) is 1.95. The van der Waals surface area contributed by atoms with E-state index in [-0.39, 0.29) is 5.91 Å². The van der Waals surface area contributed by atoms with Gasteiger partial charge in [-0.15, -0.1) is 0 Å². The molecule has 0 bridgehead atoms. The summed E-state index contributed by atoms with van der Waals surface area (Å²) in [6, 6.07) is 10.6. The first-order chi connectivity index (χ1) is 10.7. The molecule has 2 N–H and O–H groups in total. The number of unbranched alkanes of at least 4 members (excludes halogenated alkanes) is 2. The molecule has 22 heavy (non-hydrogen) atoms. The number of carbonyl (C=O) groups is 1. The summed E-state index contributed by atoms with van der Waals surface area (Å²) in [6.45, 7) is 3.10. The number of anilines is 2. The van der Waals surface area contributed by atoms with Gasteiger partial charge in [-0.3, -0.25) is 4.79 Å². The van der Waals surface area contributed by atoms with Crippen molar-refractivity contribution in [3.63, 3.8) is 0 Å². The smallest absolute Gasteiger partial charge is 0.274 e. The predicted octanol–water partition coefficient (Wildman–Crippen LogP) is 4.59. The lowest BCUT2D eigenvalue weighted by Crippen LogP contribution is -2.13. The van der Waals surface area contributed by atoms with Gasteiger partial charge in [0.25, 0.3) is 5.91 Å². The van der Waals surface area contributed by atoms with Gasteiger partial charge >= 0.3 is 0 Å². The van der Waals surface area contributed by atoms with Gasteiger partial charge in [-0.2, -0.15) is 0 Å². The lowest BCUT2D eigenvalue weighted by atomic mass is 10.2. The Balaban J connectivity index is 1.90. The molecule has 0 aliphatic carbocycles. The molecule has 5 heteroatoms. The Kier molecular flexibility index (Phi) is 6.22. The van der Waals surface area contributed by atoms with Gasteiger partial charge < -0.3 is 10.6 Å². The predicted molar refractivity (Wildman–Crippen MR) is 91.7 cm³/mol.